The highest BCUT2D eigenvalue weighted by molar-refractivity contribution is 5.33. The maximum absolute atomic E-state index is 4.06. The predicted octanol–water partition coefficient (Wildman–Crippen LogP) is 5.80. The van der Waals surface area contributed by atoms with Gasteiger partial charge in [-0.2, -0.15) is 0 Å². The van der Waals surface area contributed by atoms with Gasteiger partial charge in [-0.05, 0) is 50.8 Å². The van der Waals surface area contributed by atoms with E-state index < -0.39 is 0 Å². The van der Waals surface area contributed by atoms with Crippen LogP contribution in [0.1, 0.15) is 53.9 Å². The van der Waals surface area contributed by atoms with E-state index in [4.69, 9.17) is 0 Å². The molecule has 0 radical (unpaired) electrons. The number of allylic oxidation sites excluding steroid dienone is 4. The summed E-state index contributed by atoms with van der Waals surface area (Å²) in [7, 11) is 0. The lowest BCUT2D eigenvalue weighted by atomic mass is 9.76. The summed E-state index contributed by atoms with van der Waals surface area (Å²) >= 11 is 0. The Morgan fingerprint density at radius 2 is 1.89 bits per heavy atom. The first-order chi connectivity index (χ1) is 9.03. The summed E-state index contributed by atoms with van der Waals surface area (Å²) < 4.78 is 0. The van der Waals surface area contributed by atoms with Crippen LogP contribution >= 0.6 is 0 Å². The zero-order valence-electron chi connectivity index (χ0n) is 13.4. The fourth-order valence-corrected chi connectivity index (χ4v) is 2.50. The molecule has 3 atom stereocenters. The van der Waals surface area contributed by atoms with Gasteiger partial charge in [-0.25, -0.2) is 0 Å². The van der Waals surface area contributed by atoms with Gasteiger partial charge in [0.1, 0.15) is 0 Å². The number of hydrogen-bond acceptors (Lipinski definition) is 1. The molecule has 0 aliphatic carbocycles. The minimum absolute atomic E-state index is 0.545. The quantitative estimate of drug-likeness (QED) is 0.282. The summed E-state index contributed by atoms with van der Waals surface area (Å²) in [5.41, 5.74) is 2.39. The molecule has 19 heavy (non-hydrogen) atoms. The molecular weight excluding hydrogens is 230 g/mol. The Hall–Kier alpha value is -1.11. The maximum atomic E-state index is 4.06. The Labute approximate surface area is 120 Å². The number of rotatable bonds is 9. The van der Waals surface area contributed by atoms with Gasteiger partial charge in [0, 0.05) is 0 Å². The Balaban J connectivity index is 5.25. The average Bonchev–Trinajstić information content (AvgIpc) is 2.45. The Morgan fingerprint density at radius 1 is 1.26 bits per heavy atom. The highest BCUT2D eigenvalue weighted by atomic mass is 14.7. The van der Waals surface area contributed by atoms with Gasteiger partial charge in [-0.15, -0.1) is 0 Å². The average molecular weight is 261 g/mol. The zero-order valence-corrected chi connectivity index (χ0v) is 13.4. The molecule has 0 fully saturated rings. The first-order valence-electron chi connectivity index (χ1n) is 7.46. The van der Waals surface area contributed by atoms with E-state index in [2.05, 4.69) is 65.1 Å². The summed E-state index contributed by atoms with van der Waals surface area (Å²) in [5.74, 6) is 1.87. The van der Waals surface area contributed by atoms with Crippen LogP contribution in [0, 0.1) is 17.8 Å². The molecule has 0 rings (SSSR count). The second-order valence-corrected chi connectivity index (χ2v) is 5.42. The van der Waals surface area contributed by atoms with E-state index in [0.29, 0.717) is 17.8 Å². The molecule has 0 aromatic heterocycles. The van der Waals surface area contributed by atoms with Gasteiger partial charge < -0.3 is 0 Å². The van der Waals surface area contributed by atoms with Crippen molar-refractivity contribution in [3.63, 3.8) is 0 Å². The second-order valence-electron chi connectivity index (χ2n) is 5.42. The fraction of sp³-hybridized carbons (Fsp3) is 0.611. The highest BCUT2D eigenvalue weighted by Crippen LogP contribution is 2.33. The monoisotopic (exact) mass is 261 g/mol. The Bertz CT molecular complexity index is 326. The smallest absolute Gasteiger partial charge is 0.0579 e. The van der Waals surface area contributed by atoms with Crippen molar-refractivity contribution in [3.05, 3.63) is 36.1 Å². The van der Waals surface area contributed by atoms with Gasteiger partial charge in [0.15, 0.2) is 0 Å². The third kappa shape index (κ3) is 6.04. The number of aliphatic imine (C=N–C) groups is 1. The van der Waals surface area contributed by atoms with Crippen molar-refractivity contribution in [1.82, 2.24) is 0 Å². The van der Waals surface area contributed by atoms with Crippen LogP contribution in [0.25, 0.3) is 0 Å². The van der Waals surface area contributed by atoms with Crippen molar-refractivity contribution in [2.45, 2.75) is 53.9 Å². The van der Waals surface area contributed by atoms with Gasteiger partial charge in [-0.1, -0.05) is 57.9 Å². The molecule has 0 aliphatic rings. The largest absolute Gasteiger partial charge is 0.265 e. The Morgan fingerprint density at radius 3 is 2.26 bits per heavy atom. The molecule has 1 unspecified atom stereocenters. The molecule has 0 aliphatic heterocycles. The van der Waals surface area contributed by atoms with Gasteiger partial charge in [-0.3, -0.25) is 4.99 Å². The number of nitrogens with zero attached hydrogens (tertiary/aromatic N) is 1. The SMILES string of the molecule is C=C/C(=C/C([C@@H](CC)C/C(C)=C\C)[C@H](C)CC)N=C. The lowest BCUT2D eigenvalue weighted by Gasteiger charge is -2.29. The van der Waals surface area contributed by atoms with Crippen LogP contribution < -0.4 is 0 Å². The molecule has 0 amide bonds. The molecule has 0 saturated carbocycles. The fourth-order valence-electron chi connectivity index (χ4n) is 2.50. The summed E-state index contributed by atoms with van der Waals surface area (Å²) in [6.07, 6.45) is 9.84. The molecule has 0 saturated heterocycles. The van der Waals surface area contributed by atoms with E-state index >= 15 is 0 Å². The van der Waals surface area contributed by atoms with Crippen LogP contribution in [-0.4, -0.2) is 6.72 Å². The zero-order chi connectivity index (χ0) is 14.8. The van der Waals surface area contributed by atoms with Crippen molar-refractivity contribution < 1.29 is 0 Å². The normalized spacial score (nSPS) is 17.7. The van der Waals surface area contributed by atoms with Crippen LogP contribution in [0.5, 0.6) is 0 Å². The molecule has 0 bridgehead atoms. The molecule has 0 aromatic rings. The second kappa shape index (κ2) is 9.77. The summed E-state index contributed by atoms with van der Waals surface area (Å²) in [4.78, 5) is 4.06. The van der Waals surface area contributed by atoms with Crippen molar-refractivity contribution >= 4 is 6.72 Å². The van der Waals surface area contributed by atoms with Gasteiger partial charge in [0.2, 0.25) is 0 Å². The van der Waals surface area contributed by atoms with Crippen molar-refractivity contribution in [3.8, 4) is 0 Å². The lowest BCUT2D eigenvalue weighted by molar-refractivity contribution is 0.278. The topological polar surface area (TPSA) is 12.4 Å². The van der Waals surface area contributed by atoms with Gasteiger partial charge in [0.05, 0.1) is 5.70 Å². The van der Waals surface area contributed by atoms with E-state index in [1.165, 1.54) is 24.8 Å². The third-order valence-corrected chi connectivity index (χ3v) is 4.20. The molecule has 0 spiro atoms. The number of hydrogen-bond donors (Lipinski definition) is 0. The standard InChI is InChI=1S/C18H31N/c1-8-14(5)12-16(10-3)18(15(6)9-2)13-17(11-4)19-7/h8,11,13,15-16,18H,4,7,9-10,12H2,1-3,5-6H3/b14-8-,17-13-/t15-,16+,18?/m1/s1. The molecule has 1 heteroatoms. The minimum Gasteiger partial charge on any atom is -0.265 e. The van der Waals surface area contributed by atoms with Gasteiger partial charge >= 0.3 is 0 Å². The summed E-state index contributed by atoms with van der Waals surface area (Å²) in [6.45, 7) is 18.7. The molecule has 0 heterocycles. The van der Waals surface area contributed by atoms with E-state index in [-0.39, 0.29) is 0 Å². The van der Waals surface area contributed by atoms with Crippen molar-refractivity contribution in [2.75, 3.05) is 0 Å². The van der Waals surface area contributed by atoms with Crippen LogP contribution in [0.3, 0.4) is 0 Å². The lowest BCUT2D eigenvalue weighted by Crippen LogP contribution is -2.20. The van der Waals surface area contributed by atoms with Gasteiger partial charge in [0.25, 0.3) is 0 Å². The van der Waals surface area contributed by atoms with Crippen LogP contribution in [0.2, 0.25) is 0 Å². The third-order valence-electron chi connectivity index (χ3n) is 4.20. The molecule has 0 N–H and O–H groups in total. The summed E-state index contributed by atoms with van der Waals surface area (Å²) in [5, 5.41) is 0. The van der Waals surface area contributed by atoms with E-state index in [1.807, 2.05) is 0 Å². The molecule has 108 valence electrons. The molecule has 0 aromatic carbocycles. The first-order valence-corrected chi connectivity index (χ1v) is 7.46. The highest BCUT2D eigenvalue weighted by Gasteiger charge is 2.23. The van der Waals surface area contributed by atoms with Crippen LogP contribution in [0.4, 0.5) is 0 Å². The minimum atomic E-state index is 0.545. The predicted molar refractivity (Wildman–Crippen MR) is 88.6 cm³/mol. The van der Waals surface area contributed by atoms with E-state index in [9.17, 15) is 0 Å². The van der Waals surface area contributed by atoms with E-state index in [1.54, 1.807) is 6.08 Å². The first kappa shape index (κ1) is 17.9. The molecule has 1 nitrogen and oxygen atoms in total. The molecular formula is C18H31N. The Kier molecular flexibility index (Phi) is 9.20. The van der Waals surface area contributed by atoms with Crippen LogP contribution in [0.15, 0.2) is 41.1 Å². The van der Waals surface area contributed by atoms with Crippen LogP contribution in [-0.2, 0) is 0 Å². The maximum Gasteiger partial charge on any atom is 0.0579 e. The van der Waals surface area contributed by atoms with Crippen molar-refractivity contribution in [1.29, 1.82) is 0 Å². The van der Waals surface area contributed by atoms with Crippen molar-refractivity contribution in [2.24, 2.45) is 22.7 Å². The summed E-state index contributed by atoms with van der Waals surface area (Å²) in [6, 6.07) is 0. The van der Waals surface area contributed by atoms with E-state index in [0.717, 1.165) is 5.70 Å².